The summed E-state index contributed by atoms with van der Waals surface area (Å²) in [6.07, 6.45) is 1.98. The minimum Gasteiger partial charge on any atom is -0.396 e. The molecule has 5 nitrogen and oxygen atoms in total. The van der Waals surface area contributed by atoms with Crippen molar-refractivity contribution >= 4 is 6.03 Å². The highest BCUT2D eigenvalue weighted by molar-refractivity contribution is 5.74. The van der Waals surface area contributed by atoms with Gasteiger partial charge in [-0.3, -0.25) is 0 Å². The summed E-state index contributed by atoms with van der Waals surface area (Å²) in [6.45, 7) is 6.22. The number of carbonyl (C=O) groups is 1. The predicted molar refractivity (Wildman–Crippen MR) is 92.1 cm³/mol. The second kappa shape index (κ2) is 8.89. The summed E-state index contributed by atoms with van der Waals surface area (Å²) in [5.74, 6) is 0.224. The molecule has 1 heterocycles. The zero-order chi connectivity index (χ0) is 16.7. The molecule has 0 aromatic heterocycles. The first kappa shape index (κ1) is 17.8. The minimum atomic E-state index is -0.0285. The van der Waals surface area contributed by atoms with Gasteiger partial charge in [0, 0.05) is 32.8 Å². The van der Waals surface area contributed by atoms with Crippen LogP contribution in [0.25, 0.3) is 0 Å². The van der Waals surface area contributed by atoms with Crippen LogP contribution in [0.15, 0.2) is 24.3 Å². The predicted octanol–water partition coefficient (Wildman–Crippen LogP) is 2.05. The van der Waals surface area contributed by atoms with E-state index in [1.54, 1.807) is 0 Å². The van der Waals surface area contributed by atoms with E-state index in [-0.39, 0.29) is 18.6 Å². The van der Waals surface area contributed by atoms with Crippen molar-refractivity contribution in [3.63, 3.8) is 0 Å². The zero-order valence-electron chi connectivity index (χ0n) is 14.3. The van der Waals surface area contributed by atoms with Crippen LogP contribution < -0.4 is 5.32 Å². The van der Waals surface area contributed by atoms with Crippen molar-refractivity contribution in [2.24, 2.45) is 5.92 Å². The number of nitrogens with zero attached hydrogens (tertiary/aromatic N) is 2. The molecule has 2 amide bonds. The molecule has 1 fully saturated rings. The number of hydrogen-bond acceptors (Lipinski definition) is 3. The second-order valence-electron chi connectivity index (χ2n) is 6.45. The molecule has 1 unspecified atom stereocenters. The molecule has 1 saturated heterocycles. The molecule has 0 spiro atoms. The van der Waals surface area contributed by atoms with E-state index in [9.17, 15) is 9.90 Å². The third-order valence-corrected chi connectivity index (χ3v) is 4.49. The number of carbonyl (C=O) groups excluding carboxylic acids is 1. The van der Waals surface area contributed by atoms with Gasteiger partial charge in [0.1, 0.15) is 0 Å². The molecule has 5 heteroatoms. The molecular formula is C18H29N3O2. The van der Waals surface area contributed by atoms with Crippen molar-refractivity contribution in [1.82, 2.24) is 15.1 Å². The summed E-state index contributed by atoms with van der Waals surface area (Å²) in [6, 6.07) is 8.33. The Labute approximate surface area is 139 Å². The van der Waals surface area contributed by atoms with Gasteiger partial charge in [-0.05, 0) is 43.5 Å². The normalized spacial score (nSPS) is 18.3. The Kier molecular flexibility index (Phi) is 6.86. The highest BCUT2D eigenvalue weighted by Gasteiger charge is 2.22. The zero-order valence-corrected chi connectivity index (χ0v) is 14.3. The third kappa shape index (κ3) is 5.52. The maximum atomic E-state index is 12.3. The molecule has 1 aliphatic rings. The Bertz CT molecular complexity index is 507. The molecule has 1 atom stereocenters. The van der Waals surface area contributed by atoms with Crippen molar-refractivity contribution in [2.45, 2.75) is 32.9 Å². The number of amides is 2. The Balaban J connectivity index is 1.85. The topological polar surface area (TPSA) is 55.8 Å². The maximum absolute atomic E-state index is 12.3. The fourth-order valence-corrected chi connectivity index (χ4v) is 2.95. The van der Waals surface area contributed by atoms with Crippen molar-refractivity contribution in [3.8, 4) is 0 Å². The third-order valence-electron chi connectivity index (χ3n) is 4.49. The van der Waals surface area contributed by atoms with E-state index in [0.717, 1.165) is 38.0 Å². The van der Waals surface area contributed by atoms with Crippen LogP contribution in [0.1, 0.15) is 30.9 Å². The number of aliphatic hydroxyl groups is 1. The van der Waals surface area contributed by atoms with Crippen LogP contribution in [0, 0.1) is 5.92 Å². The lowest BCUT2D eigenvalue weighted by Gasteiger charge is -2.31. The molecule has 23 heavy (non-hydrogen) atoms. The van der Waals surface area contributed by atoms with Crippen LogP contribution >= 0.6 is 0 Å². The maximum Gasteiger partial charge on any atom is 0.317 e. The molecule has 2 rings (SSSR count). The van der Waals surface area contributed by atoms with E-state index in [1.165, 1.54) is 5.56 Å². The first-order valence-electron chi connectivity index (χ1n) is 8.52. The summed E-state index contributed by atoms with van der Waals surface area (Å²) in [5.41, 5.74) is 2.38. The SMILES string of the molecule is CCN(C)Cc1cccc(CNC(=O)N2CCCC(CO)C2)c1. The number of rotatable bonds is 6. The number of nitrogens with one attached hydrogen (secondary N) is 1. The van der Waals surface area contributed by atoms with Crippen molar-refractivity contribution in [3.05, 3.63) is 35.4 Å². The number of urea groups is 1. The van der Waals surface area contributed by atoms with Gasteiger partial charge in [0.15, 0.2) is 0 Å². The number of hydrogen-bond donors (Lipinski definition) is 2. The van der Waals surface area contributed by atoms with Crippen molar-refractivity contribution in [1.29, 1.82) is 0 Å². The smallest absolute Gasteiger partial charge is 0.317 e. The fourth-order valence-electron chi connectivity index (χ4n) is 2.95. The van der Waals surface area contributed by atoms with Gasteiger partial charge in [-0.15, -0.1) is 0 Å². The van der Waals surface area contributed by atoms with Gasteiger partial charge in [-0.25, -0.2) is 4.79 Å². The lowest BCUT2D eigenvalue weighted by atomic mass is 9.99. The number of benzene rings is 1. The van der Waals surface area contributed by atoms with E-state index in [0.29, 0.717) is 13.1 Å². The molecule has 128 valence electrons. The van der Waals surface area contributed by atoms with Gasteiger partial charge in [0.2, 0.25) is 0 Å². The van der Waals surface area contributed by atoms with Crippen LogP contribution in [0.5, 0.6) is 0 Å². The average molecular weight is 319 g/mol. The number of piperidine rings is 1. The van der Waals surface area contributed by atoms with Gasteiger partial charge in [-0.1, -0.05) is 31.2 Å². The quantitative estimate of drug-likeness (QED) is 0.844. The van der Waals surface area contributed by atoms with Crippen LogP contribution in [0.3, 0.4) is 0 Å². The summed E-state index contributed by atoms with van der Waals surface area (Å²) < 4.78 is 0. The molecule has 0 bridgehead atoms. The monoisotopic (exact) mass is 319 g/mol. The molecule has 0 saturated carbocycles. The minimum absolute atomic E-state index is 0.0285. The van der Waals surface area contributed by atoms with E-state index < -0.39 is 0 Å². The average Bonchev–Trinajstić information content (AvgIpc) is 2.60. The van der Waals surface area contributed by atoms with E-state index in [1.807, 2.05) is 17.0 Å². The highest BCUT2D eigenvalue weighted by Crippen LogP contribution is 2.16. The summed E-state index contributed by atoms with van der Waals surface area (Å²) in [4.78, 5) is 16.3. The van der Waals surface area contributed by atoms with Gasteiger partial charge in [0.05, 0.1) is 0 Å². The Morgan fingerprint density at radius 1 is 1.43 bits per heavy atom. The molecule has 1 aromatic rings. The summed E-state index contributed by atoms with van der Waals surface area (Å²) in [7, 11) is 2.10. The first-order valence-corrected chi connectivity index (χ1v) is 8.52. The Hall–Kier alpha value is -1.59. The van der Waals surface area contributed by atoms with Crippen LogP contribution in [0.4, 0.5) is 4.79 Å². The number of aliphatic hydroxyl groups excluding tert-OH is 1. The summed E-state index contributed by atoms with van der Waals surface area (Å²) >= 11 is 0. The van der Waals surface area contributed by atoms with Gasteiger partial charge in [0.25, 0.3) is 0 Å². The lowest BCUT2D eigenvalue weighted by molar-refractivity contribution is 0.129. The molecule has 0 aliphatic carbocycles. The molecule has 1 aliphatic heterocycles. The number of likely N-dealkylation sites (tertiary alicyclic amines) is 1. The lowest BCUT2D eigenvalue weighted by Crippen LogP contribution is -2.45. The van der Waals surface area contributed by atoms with Crippen LogP contribution in [-0.2, 0) is 13.1 Å². The Morgan fingerprint density at radius 3 is 2.96 bits per heavy atom. The first-order chi connectivity index (χ1) is 11.1. The fraction of sp³-hybridized carbons (Fsp3) is 0.611. The van der Waals surface area contributed by atoms with Crippen LogP contribution in [0.2, 0.25) is 0 Å². The molecule has 1 aromatic carbocycles. The van der Waals surface area contributed by atoms with Gasteiger partial charge in [-0.2, -0.15) is 0 Å². The molecular weight excluding hydrogens is 290 g/mol. The van der Waals surface area contributed by atoms with Crippen LogP contribution in [-0.4, -0.2) is 54.2 Å². The second-order valence-corrected chi connectivity index (χ2v) is 6.45. The molecule has 0 radical (unpaired) electrons. The van der Waals surface area contributed by atoms with E-state index in [4.69, 9.17) is 0 Å². The molecule has 2 N–H and O–H groups in total. The standard InChI is InChI=1S/C18H29N3O2/c1-3-20(2)12-16-7-4-6-15(10-16)11-19-18(23)21-9-5-8-17(13-21)14-22/h4,6-7,10,17,22H,3,5,8-9,11-14H2,1-2H3,(H,19,23). The van der Waals surface area contributed by atoms with Gasteiger partial charge >= 0.3 is 6.03 Å². The van der Waals surface area contributed by atoms with Crippen molar-refractivity contribution < 1.29 is 9.90 Å². The van der Waals surface area contributed by atoms with Crippen molar-refractivity contribution in [2.75, 3.05) is 33.3 Å². The van der Waals surface area contributed by atoms with E-state index >= 15 is 0 Å². The van der Waals surface area contributed by atoms with Gasteiger partial charge < -0.3 is 20.2 Å². The van der Waals surface area contributed by atoms with E-state index in [2.05, 4.69) is 36.3 Å². The highest BCUT2D eigenvalue weighted by atomic mass is 16.3. The Morgan fingerprint density at radius 2 is 2.22 bits per heavy atom. The largest absolute Gasteiger partial charge is 0.396 e. The summed E-state index contributed by atoms with van der Waals surface area (Å²) in [5, 5.41) is 12.3.